The molecule has 0 saturated heterocycles. The van der Waals surface area contributed by atoms with Gasteiger partial charge < -0.3 is 15.7 Å². The van der Waals surface area contributed by atoms with Gasteiger partial charge in [0.15, 0.2) is 0 Å². The summed E-state index contributed by atoms with van der Waals surface area (Å²) in [5, 5.41) is 14.6. The number of carboxylic acid groups (broad SMARTS) is 1. The molecule has 0 aromatic rings. The smallest absolute Gasteiger partial charge is 0.315 e. The lowest BCUT2D eigenvalue weighted by molar-refractivity contribution is -0.137. The fourth-order valence-corrected chi connectivity index (χ4v) is 2.86. The van der Waals surface area contributed by atoms with Gasteiger partial charge >= 0.3 is 12.0 Å². The van der Waals surface area contributed by atoms with Crippen molar-refractivity contribution in [3.8, 4) is 0 Å². The lowest BCUT2D eigenvalue weighted by Gasteiger charge is -2.26. The minimum absolute atomic E-state index is 0.0310. The molecule has 6 heteroatoms. The van der Waals surface area contributed by atoms with Crippen molar-refractivity contribution < 1.29 is 14.7 Å². The van der Waals surface area contributed by atoms with Crippen LogP contribution in [0.4, 0.5) is 4.79 Å². The van der Waals surface area contributed by atoms with Gasteiger partial charge in [0.05, 0.1) is 6.42 Å². The first-order valence-electron chi connectivity index (χ1n) is 7.50. The van der Waals surface area contributed by atoms with Crippen LogP contribution >= 0.6 is 11.8 Å². The molecule has 0 spiro atoms. The van der Waals surface area contributed by atoms with Gasteiger partial charge in [0.1, 0.15) is 0 Å². The summed E-state index contributed by atoms with van der Waals surface area (Å²) in [6.07, 6.45) is 1.49. The second-order valence-electron chi connectivity index (χ2n) is 6.56. The van der Waals surface area contributed by atoms with E-state index in [1.807, 2.05) is 39.5 Å². The van der Waals surface area contributed by atoms with Crippen molar-refractivity contribution in [2.24, 2.45) is 5.41 Å². The van der Waals surface area contributed by atoms with E-state index in [2.05, 4.69) is 17.6 Å². The summed E-state index contributed by atoms with van der Waals surface area (Å²) in [5.41, 5.74) is -0.0310. The number of rotatable bonds is 9. The number of thioether (sulfide) groups is 1. The van der Waals surface area contributed by atoms with Crippen LogP contribution in [0.1, 0.15) is 53.9 Å². The van der Waals surface area contributed by atoms with Crippen molar-refractivity contribution in [2.75, 3.05) is 11.5 Å². The van der Waals surface area contributed by atoms with E-state index in [0.29, 0.717) is 6.42 Å². The highest BCUT2D eigenvalue weighted by atomic mass is 32.2. The molecule has 21 heavy (non-hydrogen) atoms. The van der Waals surface area contributed by atoms with Crippen LogP contribution in [0, 0.1) is 5.41 Å². The molecule has 0 aliphatic rings. The van der Waals surface area contributed by atoms with Crippen LogP contribution in [0.5, 0.6) is 0 Å². The molecule has 0 aliphatic heterocycles. The largest absolute Gasteiger partial charge is 0.481 e. The first-order valence-corrected chi connectivity index (χ1v) is 8.66. The Balaban J connectivity index is 4.29. The van der Waals surface area contributed by atoms with E-state index in [9.17, 15) is 9.59 Å². The van der Waals surface area contributed by atoms with E-state index >= 15 is 0 Å². The minimum atomic E-state index is -0.892. The average molecular weight is 318 g/mol. The van der Waals surface area contributed by atoms with E-state index in [4.69, 9.17) is 5.11 Å². The lowest BCUT2D eigenvalue weighted by atomic mass is 9.87. The van der Waals surface area contributed by atoms with Crippen LogP contribution in [-0.2, 0) is 4.79 Å². The van der Waals surface area contributed by atoms with Gasteiger partial charge in [-0.2, -0.15) is 11.8 Å². The zero-order valence-electron chi connectivity index (χ0n) is 13.9. The fourth-order valence-electron chi connectivity index (χ4n) is 2.05. The highest BCUT2D eigenvalue weighted by Gasteiger charge is 2.23. The van der Waals surface area contributed by atoms with Crippen LogP contribution in [0.25, 0.3) is 0 Å². The van der Waals surface area contributed by atoms with Crippen molar-refractivity contribution in [1.29, 1.82) is 0 Å². The molecular formula is C15H30N2O3S. The molecule has 0 aromatic carbocycles. The summed E-state index contributed by atoms with van der Waals surface area (Å²) < 4.78 is 0. The number of carbonyl (C=O) groups is 2. The van der Waals surface area contributed by atoms with E-state index < -0.39 is 5.97 Å². The first-order chi connectivity index (χ1) is 9.64. The Morgan fingerprint density at radius 2 is 1.86 bits per heavy atom. The van der Waals surface area contributed by atoms with Gasteiger partial charge in [0.25, 0.3) is 0 Å². The van der Waals surface area contributed by atoms with Crippen molar-refractivity contribution in [2.45, 2.75) is 66.0 Å². The van der Waals surface area contributed by atoms with Crippen LogP contribution in [0.2, 0.25) is 0 Å². The summed E-state index contributed by atoms with van der Waals surface area (Å²) in [7, 11) is 0. The maximum Gasteiger partial charge on any atom is 0.315 e. The number of nitrogens with one attached hydrogen (secondary N) is 2. The Bertz CT molecular complexity index is 329. The second kappa shape index (κ2) is 9.92. The topological polar surface area (TPSA) is 78.4 Å². The maximum absolute atomic E-state index is 11.9. The normalized spacial score (nSPS) is 14.3. The van der Waals surface area contributed by atoms with Gasteiger partial charge in [-0.25, -0.2) is 4.79 Å². The third-order valence-corrected chi connectivity index (χ3v) is 3.82. The summed E-state index contributed by atoms with van der Waals surface area (Å²) in [5.74, 6) is 1.20. The van der Waals surface area contributed by atoms with Crippen LogP contribution < -0.4 is 10.6 Å². The SMILES string of the molecule is CCSCCC(C)NC(=O)NC(CC(=O)O)CC(C)(C)C. The average Bonchev–Trinajstić information content (AvgIpc) is 2.25. The molecule has 2 unspecified atom stereocenters. The number of aliphatic carboxylic acids is 1. The number of hydrogen-bond acceptors (Lipinski definition) is 3. The van der Waals surface area contributed by atoms with Gasteiger partial charge in [0.2, 0.25) is 0 Å². The van der Waals surface area contributed by atoms with E-state index in [-0.39, 0.29) is 30.0 Å². The second-order valence-corrected chi connectivity index (χ2v) is 7.96. The predicted octanol–water partition coefficient (Wildman–Crippen LogP) is 3.10. The summed E-state index contributed by atoms with van der Waals surface area (Å²) in [4.78, 5) is 22.8. The molecule has 5 nitrogen and oxygen atoms in total. The van der Waals surface area contributed by atoms with Crippen LogP contribution in [0.15, 0.2) is 0 Å². The van der Waals surface area contributed by atoms with Gasteiger partial charge in [-0.05, 0) is 36.7 Å². The molecule has 0 radical (unpaired) electrons. The molecule has 124 valence electrons. The van der Waals surface area contributed by atoms with E-state index in [1.165, 1.54) is 0 Å². The summed E-state index contributed by atoms with van der Waals surface area (Å²) >= 11 is 1.84. The number of amides is 2. The molecule has 0 bridgehead atoms. The highest BCUT2D eigenvalue weighted by Crippen LogP contribution is 2.22. The third kappa shape index (κ3) is 12.5. The van der Waals surface area contributed by atoms with Crippen molar-refractivity contribution in [3.63, 3.8) is 0 Å². The summed E-state index contributed by atoms with van der Waals surface area (Å²) in [6.45, 7) is 10.2. The molecule has 0 saturated carbocycles. The Kier molecular flexibility index (Phi) is 9.49. The Morgan fingerprint density at radius 1 is 1.24 bits per heavy atom. The molecule has 0 fully saturated rings. The molecule has 2 atom stereocenters. The predicted molar refractivity (Wildman–Crippen MR) is 88.9 cm³/mol. The molecule has 0 rings (SSSR count). The van der Waals surface area contributed by atoms with Crippen molar-refractivity contribution >= 4 is 23.8 Å². The number of urea groups is 1. The maximum atomic E-state index is 11.9. The molecular weight excluding hydrogens is 288 g/mol. The summed E-state index contributed by atoms with van der Waals surface area (Å²) in [6, 6.07) is -0.539. The Morgan fingerprint density at radius 3 is 2.33 bits per heavy atom. The fraction of sp³-hybridized carbons (Fsp3) is 0.867. The molecule has 0 aliphatic carbocycles. The number of carbonyl (C=O) groups excluding carboxylic acids is 1. The quantitative estimate of drug-likeness (QED) is 0.571. The zero-order valence-corrected chi connectivity index (χ0v) is 14.7. The van der Waals surface area contributed by atoms with Crippen LogP contribution in [0.3, 0.4) is 0 Å². The highest BCUT2D eigenvalue weighted by molar-refractivity contribution is 7.99. The first kappa shape index (κ1) is 20.1. The van der Waals surface area contributed by atoms with E-state index in [0.717, 1.165) is 17.9 Å². The third-order valence-electron chi connectivity index (χ3n) is 2.89. The molecule has 3 N–H and O–H groups in total. The molecule has 0 heterocycles. The zero-order chi connectivity index (χ0) is 16.5. The van der Waals surface area contributed by atoms with Crippen LogP contribution in [-0.4, -0.2) is 40.7 Å². The van der Waals surface area contributed by atoms with Gasteiger partial charge in [-0.3, -0.25) is 4.79 Å². The Labute approximate surface area is 132 Å². The Hall–Kier alpha value is -0.910. The lowest BCUT2D eigenvalue weighted by Crippen LogP contribution is -2.47. The minimum Gasteiger partial charge on any atom is -0.481 e. The van der Waals surface area contributed by atoms with Crippen molar-refractivity contribution in [1.82, 2.24) is 10.6 Å². The van der Waals surface area contributed by atoms with Gasteiger partial charge in [0, 0.05) is 12.1 Å². The number of hydrogen-bond donors (Lipinski definition) is 3. The van der Waals surface area contributed by atoms with Gasteiger partial charge in [-0.1, -0.05) is 27.7 Å². The number of carboxylic acids is 1. The van der Waals surface area contributed by atoms with Crippen molar-refractivity contribution in [3.05, 3.63) is 0 Å². The standard InChI is InChI=1S/C15H30N2O3S/c1-6-21-8-7-11(2)16-14(20)17-12(9-13(18)19)10-15(3,4)5/h11-12H,6-10H2,1-5H3,(H,18,19)(H2,16,17,20). The molecule has 0 aromatic heterocycles. The monoisotopic (exact) mass is 318 g/mol. The molecule has 2 amide bonds. The van der Waals surface area contributed by atoms with Gasteiger partial charge in [-0.15, -0.1) is 0 Å². The van der Waals surface area contributed by atoms with E-state index in [1.54, 1.807) is 0 Å².